The lowest BCUT2D eigenvalue weighted by Gasteiger charge is -2.27. The van der Waals surface area contributed by atoms with E-state index in [0.29, 0.717) is 24.8 Å². The number of anilines is 2. The van der Waals surface area contributed by atoms with E-state index in [9.17, 15) is 0 Å². The minimum Gasteiger partial charge on any atom is -0.378 e. The largest absolute Gasteiger partial charge is 0.378 e. The van der Waals surface area contributed by atoms with Crippen LogP contribution in [-0.4, -0.2) is 52.9 Å². The van der Waals surface area contributed by atoms with Crippen LogP contribution in [0.15, 0.2) is 48.8 Å². The van der Waals surface area contributed by atoms with Gasteiger partial charge < -0.3 is 19.5 Å². The summed E-state index contributed by atoms with van der Waals surface area (Å²) in [5.74, 6) is 1.50. The average molecular weight is 374 g/mol. The zero-order valence-electron chi connectivity index (χ0n) is 15.8. The molecule has 2 aromatic carbocycles. The molecule has 1 fully saturated rings. The number of hydrogen-bond acceptors (Lipinski definition) is 6. The van der Waals surface area contributed by atoms with Crippen molar-refractivity contribution in [2.45, 2.75) is 6.54 Å². The molecular formula is C21H22N6O. The molecule has 28 heavy (non-hydrogen) atoms. The SMILES string of the molecule is CNc1nc(N2CCOCC2)nc2ncn(Cc3ccc4ccccc4c3)c12. The van der Waals surface area contributed by atoms with Gasteiger partial charge in [0.05, 0.1) is 19.5 Å². The molecule has 5 rings (SSSR count). The van der Waals surface area contributed by atoms with Crippen LogP contribution in [0.2, 0.25) is 0 Å². The summed E-state index contributed by atoms with van der Waals surface area (Å²) < 4.78 is 7.54. The van der Waals surface area contributed by atoms with Gasteiger partial charge in [0.15, 0.2) is 11.5 Å². The predicted molar refractivity (Wildman–Crippen MR) is 111 cm³/mol. The molecule has 0 atom stereocenters. The lowest BCUT2D eigenvalue weighted by Crippen LogP contribution is -2.37. The molecule has 142 valence electrons. The van der Waals surface area contributed by atoms with E-state index >= 15 is 0 Å². The van der Waals surface area contributed by atoms with E-state index in [-0.39, 0.29) is 0 Å². The van der Waals surface area contributed by atoms with Gasteiger partial charge in [-0.15, -0.1) is 0 Å². The highest BCUT2D eigenvalue weighted by Gasteiger charge is 2.19. The second-order valence-corrected chi connectivity index (χ2v) is 6.95. The molecule has 0 saturated carbocycles. The molecule has 1 N–H and O–H groups in total. The van der Waals surface area contributed by atoms with Gasteiger partial charge in [0, 0.05) is 26.7 Å². The number of imidazole rings is 1. The van der Waals surface area contributed by atoms with Crippen molar-refractivity contribution in [3.63, 3.8) is 0 Å². The van der Waals surface area contributed by atoms with Gasteiger partial charge in [-0.25, -0.2) is 4.98 Å². The number of morpholine rings is 1. The Morgan fingerprint density at radius 1 is 1.04 bits per heavy atom. The highest BCUT2D eigenvalue weighted by Crippen LogP contribution is 2.25. The molecule has 0 radical (unpaired) electrons. The highest BCUT2D eigenvalue weighted by atomic mass is 16.5. The van der Waals surface area contributed by atoms with Crippen molar-refractivity contribution in [1.82, 2.24) is 19.5 Å². The van der Waals surface area contributed by atoms with E-state index < -0.39 is 0 Å². The van der Waals surface area contributed by atoms with Gasteiger partial charge in [0.25, 0.3) is 0 Å². The van der Waals surface area contributed by atoms with Gasteiger partial charge in [0.1, 0.15) is 5.52 Å². The molecular weight excluding hydrogens is 352 g/mol. The Balaban J connectivity index is 1.52. The number of fused-ring (bicyclic) bond motifs is 2. The van der Waals surface area contributed by atoms with Crippen LogP contribution < -0.4 is 10.2 Å². The standard InChI is InChI=1S/C21H22N6O/c1-22-19-18-20(25-21(24-19)26-8-10-28-11-9-26)23-14-27(18)13-15-6-7-16-4-2-3-5-17(16)12-15/h2-7,12,14H,8-11,13H2,1H3,(H,22,24,25). The number of aromatic nitrogens is 4. The number of nitrogens with one attached hydrogen (secondary N) is 1. The summed E-state index contributed by atoms with van der Waals surface area (Å²) in [6.45, 7) is 3.72. The summed E-state index contributed by atoms with van der Waals surface area (Å²) in [7, 11) is 1.89. The van der Waals surface area contributed by atoms with Crippen LogP contribution in [0.5, 0.6) is 0 Å². The first kappa shape index (κ1) is 16.9. The van der Waals surface area contributed by atoms with E-state index in [0.717, 1.165) is 31.0 Å². The molecule has 3 heterocycles. The summed E-state index contributed by atoms with van der Waals surface area (Å²) in [5.41, 5.74) is 2.85. The van der Waals surface area contributed by atoms with Crippen molar-refractivity contribution in [1.29, 1.82) is 0 Å². The minimum atomic E-state index is 0.701. The third-order valence-corrected chi connectivity index (χ3v) is 5.16. The quantitative estimate of drug-likeness (QED) is 0.592. The number of ether oxygens (including phenoxy) is 1. The summed E-state index contributed by atoms with van der Waals surface area (Å²) in [4.78, 5) is 16.2. The van der Waals surface area contributed by atoms with Crippen LogP contribution in [0.25, 0.3) is 21.9 Å². The Kier molecular flexibility index (Phi) is 4.29. The van der Waals surface area contributed by atoms with E-state index in [1.165, 1.54) is 16.3 Å². The Morgan fingerprint density at radius 3 is 2.68 bits per heavy atom. The normalized spacial score (nSPS) is 14.7. The van der Waals surface area contributed by atoms with Gasteiger partial charge in [-0.1, -0.05) is 36.4 Å². The summed E-state index contributed by atoms with van der Waals surface area (Å²) in [6.07, 6.45) is 1.85. The summed E-state index contributed by atoms with van der Waals surface area (Å²) in [5, 5.41) is 5.71. The fraction of sp³-hybridized carbons (Fsp3) is 0.286. The molecule has 1 aliphatic rings. The lowest BCUT2D eigenvalue weighted by molar-refractivity contribution is 0.122. The van der Waals surface area contributed by atoms with Gasteiger partial charge in [-0.2, -0.15) is 9.97 Å². The minimum absolute atomic E-state index is 0.701. The van der Waals surface area contributed by atoms with Crippen LogP contribution in [0.1, 0.15) is 5.56 Å². The molecule has 7 nitrogen and oxygen atoms in total. The second kappa shape index (κ2) is 7.09. The zero-order chi connectivity index (χ0) is 18.9. The molecule has 1 aliphatic heterocycles. The van der Waals surface area contributed by atoms with Crippen LogP contribution in [0.4, 0.5) is 11.8 Å². The van der Waals surface area contributed by atoms with Gasteiger partial charge >= 0.3 is 0 Å². The van der Waals surface area contributed by atoms with E-state index in [4.69, 9.17) is 14.7 Å². The van der Waals surface area contributed by atoms with Gasteiger partial charge in [0.2, 0.25) is 5.95 Å². The van der Waals surface area contributed by atoms with Crippen molar-refractivity contribution in [2.24, 2.45) is 0 Å². The molecule has 0 spiro atoms. The van der Waals surface area contributed by atoms with E-state index in [1.807, 2.05) is 13.4 Å². The molecule has 4 aromatic rings. The first-order valence-corrected chi connectivity index (χ1v) is 9.53. The monoisotopic (exact) mass is 374 g/mol. The summed E-state index contributed by atoms with van der Waals surface area (Å²) in [6, 6.07) is 15.0. The Labute approximate surface area is 163 Å². The molecule has 0 aliphatic carbocycles. The Bertz CT molecular complexity index is 1130. The highest BCUT2D eigenvalue weighted by molar-refractivity contribution is 5.85. The molecule has 2 aromatic heterocycles. The topological polar surface area (TPSA) is 68.1 Å². The smallest absolute Gasteiger partial charge is 0.229 e. The fourth-order valence-electron chi connectivity index (χ4n) is 3.70. The molecule has 7 heteroatoms. The van der Waals surface area contributed by atoms with Crippen molar-refractivity contribution in [3.8, 4) is 0 Å². The first-order chi connectivity index (χ1) is 13.8. The van der Waals surface area contributed by atoms with Crippen molar-refractivity contribution < 1.29 is 4.74 Å². The molecule has 0 unspecified atom stereocenters. The maximum atomic E-state index is 5.43. The fourth-order valence-corrected chi connectivity index (χ4v) is 3.70. The van der Waals surface area contributed by atoms with Crippen LogP contribution in [0.3, 0.4) is 0 Å². The molecule has 1 saturated heterocycles. The van der Waals surface area contributed by atoms with Crippen LogP contribution in [0, 0.1) is 0 Å². The van der Waals surface area contributed by atoms with Crippen LogP contribution >= 0.6 is 0 Å². The number of hydrogen-bond donors (Lipinski definition) is 1. The van der Waals surface area contributed by atoms with E-state index in [2.05, 4.69) is 62.2 Å². The molecule has 0 amide bonds. The zero-order valence-corrected chi connectivity index (χ0v) is 15.8. The molecule has 0 bridgehead atoms. The van der Waals surface area contributed by atoms with Gasteiger partial charge in [-0.3, -0.25) is 0 Å². The lowest BCUT2D eigenvalue weighted by atomic mass is 10.1. The van der Waals surface area contributed by atoms with Gasteiger partial charge in [-0.05, 0) is 22.4 Å². The van der Waals surface area contributed by atoms with Crippen molar-refractivity contribution >= 4 is 33.7 Å². The maximum absolute atomic E-state index is 5.43. The second-order valence-electron chi connectivity index (χ2n) is 6.95. The Hall–Kier alpha value is -3.19. The maximum Gasteiger partial charge on any atom is 0.229 e. The van der Waals surface area contributed by atoms with E-state index in [1.54, 1.807) is 0 Å². The predicted octanol–water partition coefficient (Wildman–Crippen LogP) is 2.91. The number of rotatable bonds is 4. The van der Waals surface area contributed by atoms with Crippen molar-refractivity contribution in [3.05, 3.63) is 54.4 Å². The van der Waals surface area contributed by atoms with Crippen molar-refractivity contribution in [2.75, 3.05) is 43.6 Å². The van der Waals surface area contributed by atoms with Crippen LogP contribution in [-0.2, 0) is 11.3 Å². The average Bonchev–Trinajstić information content (AvgIpc) is 3.16. The third-order valence-electron chi connectivity index (χ3n) is 5.16. The summed E-state index contributed by atoms with van der Waals surface area (Å²) >= 11 is 0. The number of benzene rings is 2. The third kappa shape index (κ3) is 3.03. The first-order valence-electron chi connectivity index (χ1n) is 9.53. The Morgan fingerprint density at radius 2 is 1.86 bits per heavy atom. The number of nitrogens with zero attached hydrogens (tertiary/aromatic N) is 5.